The van der Waals surface area contributed by atoms with Crippen molar-refractivity contribution in [3.05, 3.63) is 54.9 Å². The predicted octanol–water partition coefficient (Wildman–Crippen LogP) is 2.08. The molecule has 0 aromatic heterocycles. The van der Waals surface area contributed by atoms with Crippen LogP contribution in [-0.2, 0) is 0 Å². The van der Waals surface area contributed by atoms with Gasteiger partial charge >= 0.3 is 0 Å². The third kappa shape index (κ3) is 2.92. The molecule has 0 radical (unpaired) electrons. The number of hydrogen-bond acceptors (Lipinski definition) is 2. The van der Waals surface area contributed by atoms with E-state index in [2.05, 4.69) is 5.32 Å². The van der Waals surface area contributed by atoms with E-state index in [4.69, 9.17) is 5.73 Å². The van der Waals surface area contributed by atoms with Gasteiger partial charge in [-0.15, -0.1) is 0 Å². The molecule has 12 heavy (non-hydrogen) atoms. The second-order valence-corrected chi connectivity index (χ2v) is 2.25. The van der Waals surface area contributed by atoms with Crippen molar-refractivity contribution in [3.63, 3.8) is 0 Å². The lowest BCUT2D eigenvalue weighted by Gasteiger charge is -1.96. The first-order chi connectivity index (χ1) is 5.93. The smallest absolute Gasteiger partial charge is 0.0379 e. The van der Waals surface area contributed by atoms with E-state index in [1.807, 2.05) is 42.6 Å². The van der Waals surface area contributed by atoms with E-state index in [-0.39, 0.29) is 0 Å². The molecule has 0 saturated carbocycles. The summed E-state index contributed by atoms with van der Waals surface area (Å²) in [5, 5.41) is 3.09. The fourth-order valence-electron chi connectivity index (χ4n) is 0.798. The van der Waals surface area contributed by atoms with Crippen LogP contribution in [0.4, 0.5) is 5.69 Å². The van der Waals surface area contributed by atoms with Gasteiger partial charge in [0.15, 0.2) is 0 Å². The topological polar surface area (TPSA) is 38.0 Å². The highest BCUT2D eigenvalue weighted by Crippen LogP contribution is 2.03. The Morgan fingerprint density at radius 1 is 1.08 bits per heavy atom. The molecule has 0 heterocycles. The van der Waals surface area contributed by atoms with Gasteiger partial charge in [0, 0.05) is 11.9 Å². The van der Waals surface area contributed by atoms with Gasteiger partial charge in [0.1, 0.15) is 0 Å². The summed E-state index contributed by atoms with van der Waals surface area (Å²) in [6.45, 7) is 0. The standard InChI is InChI=1S/C10H12N2/c11-8-4-5-9-12-10-6-2-1-3-7-10/h1-9,12H,11H2/b8-4-,9-5-. The molecule has 0 aliphatic heterocycles. The van der Waals surface area contributed by atoms with Gasteiger partial charge < -0.3 is 11.1 Å². The zero-order valence-electron chi connectivity index (χ0n) is 6.77. The van der Waals surface area contributed by atoms with E-state index in [0.717, 1.165) is 5.69 Å². The van der Waals surface area contributed by atoms with E-state index < -0.39 is 0 Å². The van der Waals surface area contributed by atoms with Gasteiger partial charge in [0.05, 0.1) is 0 Å². The molecule has 1 aromatic rings. The second-order valence-electron chi connectivity index (χ2n) is 2.25. The summed E-state index contributed by atoms with van der Waals surface area (Å²) in [6.07, 6.45) is 6.92. The molecule has 0 atom stereocenters. The molecule has 0 saturated heterocycles. The molecular formula is C10H12N2. The molecule has 0 spiro atoms. The van der Waals surface area contributed by atoms with Gasteiger partial charge in [-0.2, -0.15) is 0 Å². The number of rotatable bonds is 3. The lowest BCUT2D eigenvalue weighted by Crippen LogP contribution is -1.84. The Kier molecular flexibility index (Phi) is 3.51. The fourth-order valence-corrected chi connectivity index (χ4v) is 0.798. The van der Waals surface area contributed by atoms with Crippen molar-refractivity contribution in [2.75, 3.05) is 5.32 Å². The quantitative estimate of drug-likeness (QED) is 0.664. The average Bonchev–Trinajstić information content (AvgIpc) is 2.14. The first-order valence-electron chi connectivity index (χ1n) is 3.78. The van der Waals surface area contributed by atoms with Gasteiger partial charge in [-0.1, -0.05) is 18.2 Å². The Hall–Kier alpha value is -1.70. The van der Waals surface area contributed by atoms with Gasteiger partial charge in [0.2, 0.25) is 0 Å². The molecule has 3 N–H and O–H groups in total. The Morgan fingerprint density at radius 2 is 1.83 bits per heavy atom. The maximum absolute atomic E-state index is 5.15. The Labute approximate surface area is 72.4 Å². The molecular weight excluding hydrogens is 148 g/mol. The summed E-state index contributed by atoms with van der Waals surface area (Å²) in [5.74, 6) is 0. The molecule has 0 bridgehead atoms. The summed E-state index contributed by atoms with van der Waals surface area (Å²) >= 11 is 0. The summed E-state index contributed by atoms with van der Waals surface area (Å²) in [4.78, 5) is 0. The van der Waals surface area contributed by atoms with Gasteiger partial charge in [-0.05, 0) is 30.5 Å². The highest BCUT2D eigenvalue weighted by atomic mass is 14.8. The van der Waals surface area contributed by atoms with Crippen molar-refractivity contribution in [2.45, 2.75) is 0 Å². The number of anilines is 1. The van der Waals surface area contributed by atoms with E-state index in [0.29, 0.717) is 0 Å². The lowest BCUT2D eigenvalue weighted by atomic mass is 10.3. The normalized spacial score (nSPS) is 11.0. The predicted molar refractivity (Wildman–Crippen MR) is 52.5 cm³/mol. The summed E-state index contributed by atoms with van der Waals surface area (Å²) < 4.78 is 0. The minimum Gasteiger partial charge on any atom is -0.405 e. The number of nitrogens with two attached hydrogens (primary N) is 1. The van der Waals surface area contributed by atoms with E-state index in [1.54, 1.807) is 6.08 Å². The maximum atomic E-state index is 5.15. The minimum atomic E-state index is 1.07. The summed E-state index contributed by atoms with van der Waals surface area (Å²) in [6, 6.07) is 9.94. The third-order valence-electron chi connectivity index (χ3n) is 1.34. The van der Waals surface area contributed by atoms with Crippen LogP contribution in [0.25, 0.3) is 0 Å². The SMILES string of the molecule is N/C=C\C=C/Nc1ccccc1. The van der Waals surface area contributed by atoms with Crippen LogP contribution in [0.15, 0.2) is 54.9 Å². The fraction of sp³-hybridized carbons (Fsp3) is 0. The van der Waals surface area contributed by atoms with Crippen LogP contribution < -0.4 is 11.1 Å². The van der Waals surface area contributed by atoms with Crippen LogP contribution in [0.3, 0.4) is 0 Å². The number of para-hydroxylation sites is 1. The van der Waals surface area contributed by atoms with Crippen LogP contribution in [-0.4, -0.2) is 0 Å². The maximum Gasteiger partial charge on any atom is 0.0379 e. The highest BCUT2D eigenvalue weighted by molar-refractivity contribution is 5.45. The number of benzene rings is 1. The largest absolute Gasteiger partial charge is 0.405 e. The Balaban J connectivity index is 2.43. The number of hydrogen-bond donors (Lipinski definition) is 2. The number of allylic oxidation sites excluding steroid dienone is 2. The lowest BCUT2D eigenvalue weighted by molar-refractivity contribution is 1.56. The van der Waals surface area contributed by atoms with E-state index in [9.17, 15) is 0 Å². The molecule has 0 amide bonds. The molecule has 2 heteroatoms. The van der Waals surface area contributed by atoms with E-state index in [1.165, 1.54) is 6.20 Å². The first kappa shape index (κ1) is 8.40. The molecule has 0 fully saturated rings. The molecule has 1 rings (SSSR count). The van der Waals surface area contributed by atoms with Crippen molar-refractivity contribution in [3.8, 4) is 0 Å². The monoisotopic (exact) mass is 160 g/mol. The summed E-state index contributed by atoms with van der Waals surface area (Å²) in [7, 11) is 0. The molecule has 0 aliphatic rings. The van der Waals surface area contributed by atoms with Crippen molar-refractivity contribution < 1.29 is 0 Å². The number of nitrogens with one attached hydrogen (secondary N) is 1. The van der Waals surface area contributed by atoms with Gasteiger partial charge in [-0.3, -0.25) is 0 Å². The zero-order chi connectivity index (χ0) is 8.65. The summed E-state index contributed by atoms with van der Waals surface area (Å²) in [5.41, 5.74) is 6.22. The molecule has 0 unspecified atom stereocenters. The van der Waals surface area contributed by atoms with Crippen LogP contribution in [0.2, 0.25) is 0 Å². The van der Waals surface area contributed by atoms with Crippen LogP contribution >= 0.6 is 0 Å². The van der Waals surface area contributed by atoms with Gasteiger partial charge in [-0.25, -0.2) is 0 Å². The van der Waals surface area contributed by atoms with E-state index >= 15 is 0 Å². The molecule has 2 nitrogen and oxygen atoms in total. The van der Waals surface area contributed by atoms with Crippen LogP contribution in [0, 0.1) is 0 Å². The van der Waals surface area contributed by atoms with Crippen LogP contribution in [0.5, 0.6) is 0 Å². The Bertz CT molecular complexity index is 262. The second kappa shape index (κ2) is 5.02. The first-order valence-corrected chi connectivity index (χ1v) is 3.78. The Morgan fingerprint density at radius 3 is 2.50 bits per heavy atom. The highest BCUT2D eigenvalue weighted by Gasteiger charge is 1.81. The van der Waals surface area contributed by atoms with Crippen molar-refractivity contribution >= 4 is 5.69 Å². The van der Waals surface area contributed by atoms with Crippen molar-refractivity contribution in [1.29, 1.82) is 0 Å². The third-order valence-corrected chi connectivity index (χ3v) is 1.34. The zero-order valence-corrected chi connectivity index (χ0v) is 6.77. The minimum absolute atomic E-state index is 1.07. The van der Waals surface area contributed by atoms with Crippen LogP contribution in [0.1, 0.15) is 0 Å². The average molecular weight is 160 g/mol. The van der Waals surface area contributed by atoms with Crippen molar-refractivity contribution in [1.82, 2.24) is 0 Å². The molecule has 1 aromatic carbocycles. The molecule has 0 aliphatic carbocycles. The molecule has 62 valence electrons. The van der Waals surface area contributed by atoms with Crippen molar-refractivity contribution in [2.24, 2.45) is 5.73 Å². The van der Waals surface area contributed by atoms with Gasteiger partial charge in [0.25, 0.3) is 0 Å².